The molecule has 0 radical (unpaired) electrons. The molecule has 0 spiro atoms. The van der Waals surface area contributed by atoms with Crippen LogP contribution in [0.4, 0.5) is 13.2 Å². The van der Waals surface area contributed by atoms with Crippen LogP contribution >= 0.6 is 11.6 Å². The first-order valence-corrected chi connectivity index (χ1v) is 8.03. The van der Waals surface area contributed by atoms with Gasteiger partial charge in [0.2, 0.25) is 0 Å². The highest BCUT2D eigenvalue weighted by molar-refractivity contribution is 6.31. The molecular weight excluding hydrogens is 377 g/mol. The summed E-state index contributed by atoms with van der Waals surface area (Å²) in [7, 11) is 0. The molecule has 6 nitrogen and oxygen atoms in total. The molecule has 0 saturated carbocycles. The number of halogens is 4. The Kier molecular flexibility index (Phi) is 6.27. The Hall–Kier alpha value is -2.10. The first-order chi connectivity index (χ1) is 12.2. The van der Waals surface area contributed by atoms with Gasteiger partial charge in [0.15, 0.2) is 6.29 Å². The van der Waals surface area contributed by atoms with Crippen LogP contribution in [0, 0.1) is 0 Å². The lowest BCUT2D eigenvalue weighted by Gasteiger charge is -2.19. The van der Waals surface area contributed by atoms with Gasteiger partial charge in [-0.1, -0.05) is 11.6 Å². The van der Waals surface area contributed by atoms with E-state index < -0.39 is 29.4 Å². The molecule has 1 aromatic carbocycles. The molecule has 0 fully saturated rings. The number of hydrogen-bond acceptors (Lipinski definition) is 4. The average Bonchev–Trinajstić information content (AvgIpc) is 2.54. The number of alkyl halides is 3. The minimum atomic E-state index is -4.84. The van der Waals surface area contributed by atoms with Crippen LogP contribution in [-0.2, 0) is 15.7 Å². The standard InChI is InChI=1S/C16H16ClF3N2O4/c1-3-25-14(26-4-2)10-7-9(5-6-11(10)17)22-13(23)8-12(16(18,19)20)21-15(22)24/h5-8,14H,3-4H2,1-2H3,(H,21,24). The monoisotopic (exact) mass is 392 g/mol. The van der Waals surface area contributed by atoms with Crippen LogP contribution in [0.25, 0.3) is 5.69 Å². The minimum Gasteiger partial charge on any atom is -0.349 e. The van der Waals surface area contributed by atoms with E-state index in [2.05, 4.69) is 0 Å². The van der Waals surface area contributed by atoms with Gasteiger partial charge in [0.1, 0.15) is 5.69 Å². The Bertz CT molecular complexity index is 855. The number of rotatable bonds is 6. The first-order valence-electron chi connectivity index (χ1n) is 7.65. The summed E-state index contributed by atoms with van der Waals surface area (Å²) < 4.78 is 49.6. The second-order valence-electron chi connectivity index (χ2n) is 5.11. The van der Waals surface area contributed by atoms with Crippen molar-refractivity contribution in [1.82, 2.24) is 9.55 Å². The lowest BCUT2D eigenvalue weighted by Crippen LogP contribution is -2.35. The Morgan fingerprint density at radius 1 is 1.15 bits per heavy atom. The average molecular weight is 393 g/mol. The number of H-pyrrole nitrogens is 1. The highest BCUT2D eigenvalue weighted by atomic mass is 35.5. The molecule has 0 atom stereocenters. The molecule has 26 heavy (non-hydrogen) atoms. The van der Waals surface area contributed by atoms with Crippen molar-refractivity contribution >= 4 is 11.6 Å². The van der Waals surface area contributed by atoms with E-state index in [9.17, 15) is 22.8 Å². The highest BCUT2D eigenvalue weighted by Gasteiger charge is 2.33. The fourth-order valence-electron chi connectivity index (χ4n) is 2.27. The van der Waals surface area contributed by atoms with Gasteiger partial charge in [0, 0.05) is 29.9 Å². The summed E-state index contributed by atoms with van der Waals surface area (Å²) in [5.74, 6) is 0. The number of ether oxygens (including phenoxy) is 2. The molecule has 2 aromatic rings. The Morgan fingerprint density at radius 2 is 1.77 bits per heavy atom. The van der Waals surface area contributed by atoms with Gasteiger partial charge in [-0.3, -0.25) is 4.79 Å². The molecule has 0 aliphatic rings. The van der Waals surface area contributed by atoms with Crippen molar-refractivity contribution in [2.45, 2.75) is 26.3 Å². The van der Waals surface area contributed by atoms with Gasteiger partial charge < -0.3 is 14.5 Å². The molecule has 1 N–H and O–H groups in total. The zero-order valence-electron chi connectivity index (χ0n) is 13.9. The van der Waals surface area contributed by atoms with Gasteiger partial charge in [0.25, 0.3) is 5.56 Å². The maximum Gasteiger partial charge on any atom is 0.431 e. The predicted octanol–water partition coefficient (Wildman–Crippen LogP) is 3.27. The van der Waals surface area contributed by atoms with E-state index in [4.69, 9.17) is 21.1 Å². The normalized spacial score (nSPS) is 12.0. The van der Waals surface area contributed by atoms with E-state index in [1.165, 1.54) is 18.2 Å². The van der Waals surface area contributed by atoms with Gasteiger partial charge in [0.05, 0.1) is 5.69 Å². The number of hydrogen-bond donors (Lipinski definition) is 1. The van der Waals surface area contributed by atoms with Crippen molar-refractivity contribution in [2.24, 2.45) is 0 Å². The van der Waals surface area contributed by atoms with E-state index in [0.717, 1.165) is 0 Å². The number of aromatic nitrogens is 2. The molecule has 0 amide bonds. The molecule has 1 heterocycles. The fraction of sp³-hybridized carbons (Fsp3) is 0.375. The highest BCUT2D eigenvalue weighted by Crippen LogP contribution is 2.29. The van der Waals surface area contributed by atoms with Gasteiger partial charge in [-0.05, 0) is 32.0 Å². The first kappa shape index (κ1) is 20.2. The van der Waals surface area contributed by atoms with E-state index in [1.54, 1.807) is 18.8 Å². The van der Waals surface area contributed by atoms with E-state index in [0.29, 0.717) is 29.4 Å². The summed E-state index contributed by atoms with van der Waals surface area (Å²) in [5.41, 5.74) is -3.38. The quantitative estimate of drug-likeness (QED) is 0.766. The zero-order chi connectivity index (χ0) is 19.5. The minimum absolute atomic E-state index is 0.0359. The van der Waals surface area contributed by atoms with Crippen LogP contribution in [0.3, 0.4) is 0 Å². The maximum atomic E-state index is 12.7. The summed E-state index contributed by atoms with van der Waals surface area (Å²) in [6.45, 7) is 4.11. The lowest BCUT2D eigenvalue weighted by molar-refractivity contribution is -0.141. The largest absolute Gasteiger partial charge is 0.431 e. The fourth-order valence-corrected chi connectivity index (χ4v) is 2.48. The molecule has 142 valence electrons. The van der Waals surface area contributed by atoms with Crippen molar-refractivity contribution in [2.75, 3.05) is 13.2 Å². The van der Waals surface area contributed by atoms with Crippen LogP contribution in [-0.4, -0.2) is 22.8 Å². The molecule has 0 saturated heterocycles. The van der Waals surface area contributed by atoms with Crippen molar-refractivity contribution in [3.63, 3.8) is 0 Å². The molecule has 0 aliphatic heterocycles. The van der Waals surface area contributed by atoms with Gasteiger partial charge >= 0.3 is 11.9 Å². The van der Waals surface area contributed by atoms with Crippen molar-refractivity contribution in [3.05, 3.63) is 61.4 Å². The SMILES string of the molecule is CCOC(OCC)c1cc(-n2c(=O)cc(C(F)(F)F)[nH]c2=O)ccc1Cl. The van der Waals surface area contributed by atoms with Gasteiger partial charge in [-0.25, -0.2) is 9.36 Å². The number of benzene rings is 1. The van der Waals surface area contributed by atoms with Gasteiger partial charge in [-0.15, -0.1) is 0 Å². The second kappa shape index (κ2) is 8.07. The Balaban J connectivity index is 2.59. The van der Waals surface area contributed by atoms with Crippen molar-refractivity contribution in [3.8, 4) is 5.69 Å². The number of nitrogens with zero attached hydrogens (tertiary/aromatic N) is 1. The molecular formula is C16H16ClF3N2O4. The van der Waals surface area contributed by atoms with Crippen LogP contribution < -0.4 is 11.2 Å². The third kappa shape index (κ3) is 4.35. The van der Waals surface area contributed by atoms with Crippen LogP contribution in [0.2, 0.25) is 5.02 Å². The molecule has 0 aliphatic carbocycles. The molecule has 10 heteroatoms. The maximum absolute atomic E-state index is 12.7. The lowest BCUT2D eigenvalue weighted by atomic mass is 10.2. The van der Waals surface area contributed by atoms with Crippen LogP contribution in [0.1, 0.15) is 31.4 Å². The summed E-state index contributed by atoms with van der Waals surface area (Å²) in [4.78, 5) is 25.8. The van der Waals surface area contributed by atoms with Crippen molar-refractivity contribution in [1.29, 1.82) is 0 Å². The third-order valence-electron chi connectivity index (χ3n) is 3.37. The molecule has 0 bridgehead atoms. The summed E-state index contributed by atoms with van der Waals surface area (Å²) in [6, 6.07) is 4.42. The second-order valence-corrected chi connectivity index (χ2v) is 5.52. The van der Waals surface area contributed by atoms with Crippen molar-refractivity contribution < 1.29 is 22.6 Å². The third-order valence-corrected chi connectivity index (χ3v) is 3.71. The molecule has 2 rings (SSSR count). The number of aromatic amines is 1. The Morgan fingerprint density at radius 3 is 2.27 bits per heavy atom. The van der Waals surface area contributed by atoms with Crippen LogP contribution in [0.5, 0.6) is 0 Å². The van der Waals surface area contributed by atoms with E-state index in [1.807, 2.05) is 0 Å². The predicted molar refractivity (Wildman–Crippen MR) is 88.7 cm³/mol. The molecule has 1 aromatic heterocycles. The van der Waals surface area contributed by atoms with Gasteiger partial charge in [-0.2, -0.15) is 13.2 Å². The zero-order valence-corrected chi connectivity index (χ0v) is 14.6. The smallest absolute Gasteiger partial charge is 0.349 e. The summed E-state index contributed by atoms with van der Waals surface area (Å²) >= 11 is 6.13. The van der Waals surface area contributed by atoms with E-state index >= 15 is 0 Å². The molecule has 0 unspecified atom stereocenters. The topological polar surface area (TPSA) is 73.3 Å². The van der Waals surface area contributed by atoms with Crippen LogP contribution in [0.15, 0.2) is 33.9 Å². The number of nitrogens with one attached hydrogen (secondary N) is 1. The summed E-state index contributed by atoms with van der Waals surface area (Å²) in [5, 5.41) is 0.261. The summed E-state index contributed by atoms with van der Waals surface area (Å²) in [6.07, 6.45) is -5.68. The Labute approximate surface area is 151 Å². The van der Waals surface area contributed by atoms with E-state index in [-0.39, 0.29) is 10.7 Å².